The predicted molar refractivity (Wildman–Crippen MR) is 123 cm³/mol. The minimum absolute atomic E-state index is 0.0446. The summed E-state index contributed by atoms with van der Waals surface area (Å²) in [5, 5.41) is 2.78. The number of rotatable bonds is 10. The molecule has 0 radical (unpaired) electrons. The molecule has 32 heavy (non-hydrogen) atoms. The summed E-state index contributed by atoms with van der Waals surface area (Å²) < 4.78 is 39.3. The van der Waals surface area contributed by atoms with E-state index in [2.05, 4.69) is 5.32 Å². The smallest absolute Gasteiger partial charge is 0.244 e. The Hall–Kier alpha value is -2.94. The SMILES string of the molecule is CC(C)NC(=O)[C@H](C)N(CCc1ccccc1)C(=O)CN(c1cccc(F)c1)S(C)(=O)=O. The molecule has 0 saturated carbocycles. The highest BCUT2D eigenvalue weighted by Gasteiger charge is 2.30. The van der Waals surface area contributed by atoms with E-state index in [1.54, 1.807) is 6.92 Å². The second-order valence-electron chi connectivity index (χ2n) is 7.91. The van der Waals surface area contributed by atoms with E-state index in [1.807, 2.05) is 44.2 Å². The monoisotopic (exact) mass is 463 g/mol. The number of amides is 2. The molecular formula is C23H30FN3O4S. The molecule has 0 heterocycles. The van der Waals surface area contributed by atoms with Crippen LogP contribution < -0.4 is 9.62 Å². The second kappa shape index (κ2) is 11.1. The zero-order valence-electron chi connectivity index (χ0n) is 18.8. The van der Waals surface area contributed by atoms with Gasteiger partial charge in [-0.05, 0) is 51.0 Å². The van der Waals surface area contributed by atoms with E-state index in [0.717, 1.165) is 22.2 Å². The maximum absolute atomic E-state index is 13.7. The van der Waals surface area contributed by atoms with Gasteiger partial charge in [0.05, 0.1) is 11.9 Å². The van der Waals surface area contributed by atoms with Crippen molar-refractivity contribution < 1.29 is 22.4 Å². The number of sulfonamides is 1. The Morgan fingerprint density at radius 1 is 1.03 bits per heavy atom. The molecule has 174 valence electrons. The molecule has 2 aromatic rings. The maximum atomic E-state index is 13.7. The molecular weight excluding hydrogens is 433 g/mol. The summed E-state index contributed by atoms with van der Waals surface area (Å²) in [6.45, 7) is 4.91. The van der Waals surface area contributed by atoms with Crippen molar-refractivity contribution in [2.24, 2.45) is 0 Å². The molecule has 0 aliphatic carbocycles. The Bertz CT molecular complexity index is 1030. The van der Waals surface area contributed by atoms with Gasteiger partial charge in [-0.3, -0.25) is 13.9 Å². The number of halogens is 1. The van der Waals surface area contributed by atoms with Crippen molar-refractivity contribution in [2.45, 2.75) is 39.3 Å². The van der Waals surface area contributed by atoms with Gasteiger partial charge >= 0.3 is 0 Å². The molecule has 1 N–H and O–H groups in total. The molecule has 9 heteroatoms. The van der Waals surface area contributed by atoms with E-state index in [4.69, 9.17) is 0 Å². The van der Waals surface area contributed by atoms with Gasteiger partial charge in [-0.1, -0.05) is 36.4 Å². The van der Waals surface area contributed by atoms with Gasteiger partial charge in [0.25, 0.3) is 0 Å². The summed E-state index contributed by atoms with van der Waals surface area (Å²) >= 11 is 0. The van der Waals surface area contributed by atoms with Crippen LogP contribution in [-0.2, 0) is 26.0 Å². The van der Waals surface area contributed by atoms with E-state index in [1.165, 1.54) is 23.1 Å². The van der Waals surface area contributed by atoms with Crippen LogP contribution in [0.5, 0.6) is 0 Å². The van der Waals surface area contributed by atoms with Gasteiger partial charge in [-0.2, -0.15) is 0 Å². The Balaban J connectivity index is 2.30. The third-order valence-corrected chi connectivity index (χ3v) is 6.00. The first-order chi connectivity index (χ1) is 15.0. The number of carbonyl (C=O) groups is 2. The quantitative estimate of drug-likeness (QED) is 0.587. The average molecular weight is 464 g/mol. The lowest BCUT2D eigenvalue weighted by Crippen LogP contribution is -2.53. The fraction of sp³-hybridized carbons (Fsp3) is 0.391. The number of anilines is 1. The van der Waals surface area contributed by atoms with Crippen molar-refractivity contribution >= 4 is 27.5 Å². The van der Waals surface area contributed by atoms with Crippen molar-refractivity contribution in [3.8, 4) is 0 Å². The molecule has 2 amide bonds. The minimum Gasteiger partial charge on any atom is -0.352 e. The Labute approximate surface area is 189 Å². The third kappa shape index (κ3) is 7.33. The second-order valence-corrected chi connectivity index (χ2v) is 9.82. The maximum Gasteiger partial charge on any atom is 0.244 e. The van der Waals surface area contributed by atoms with Crippen LogP contribution >= 0.6 is 0 Å². The molecule has 0 aliphatic rings. The molecule has 0 unspecified atom stereocenters. The number of nitrogens with zero attached hydrogens (tertiary/aromatic N) is 2. The zero-order chi connectivity index (χ0) is 23.9. The van der Waals surface area contributed by atoms with E-state index in [-0.39, 0.29) is 24.2 Å². The highest BCUT2D eigenvalue weighted by atomic mass is 32.2. The standard InChI is InChI=1S/C23H30FN3O4S/c1-17(2)25-23(29)18(3)26(14-13-19-9-6-5-7-10-19)22(28)16-27(32(4,30)31)21-12-8-11-20(24)15-21/h5-12,15,17-18H,13-14,16H2,1-4H3,(H,25,29)/t18-/m0/s1. The molecule has 0 spiro atoms. The van der Waals surface area contributed by atoms with Crippen LogP contribution in [0.3, 0.4) is 0 Å². The van der Waals surface area contributed by atoms with Gasteiger partial charge in [-0.15, -0.1) is 0 Å². The van der Waals surface area contributed by atoms with E-state index in [9.17, 15) is 22.4 Å². The number of benzene rings is 2. The number of carbonyl (C=O) groups excluding carboxylic acids is 2. The molecule has 0 bridgehead atoms. The van der Waals surface area contributed by atoms with Gasteiger partial charge in [0.15, 0.2) is 0 Å². The summed E-state index contributed by atoms with van der Waals surface area (Å²) in [6.07, 6.45) is 1.44. The van der Waals surface area contributed by atoms with Crippen LogP contribution in [0.1, 0.15) is 26.3 Å². The van der Waals surface area contributed by atoms with Crippen LogP contribution in [0.25, 0.3) is 0 Å². The molecule has 7 nitrogen and oxygen atoms in total. The van der Waals surface area contributed by atoms with Crippen LogP contribution in [0.4, 0.5) is 10.1 Å². The van der Waals surface area contributed by atoms with Crippen molar-refractivity contribution in [1.29, 1.82) is 0 Å². The average Bonchev–Trinajstić information content (AvgIpc) is 2.71. The first-order valence-corrected chi connectivity index (χ1v) is 12.2. The number of hydrogen-bond donors (Lipinski definition) is 1. The lowest BCUT2D eigenvalue weighted by molar-refractivity contribution is -0.139. The highest BCUT2D eigenvalue weighted by molar-refractivity contribution is 7.92. The Kier molecular flexibility index (Phi) is 8.77. The zero-order valence-corrected chi connectivity index (χ0v) is 19.6. The van der Waals surface area contributed by atoms with Gasteiger partial charge in [0.2, 0.25) is 21.8 Å². The molecule has 0 aromatic heterocycles. The van der Waals surface area contributed by atoms with E-state index >= 15 is 0 Å². The summed E-state index contributed by atoms with van der Waals surface area (Å²) in [4.78, 5) is 27.2. The van der Waals surface area contributed by atoms with Crippen molar-refractivity contribution in [1.82, 2.24) is 10.2 Å². The topological polar surface area (TPSA) is 86.8 Å². The molecule has 2 rings (SSSR count). The normalized spacial score (nSPS) is 12.3. The Morgan fingerprint density at radius 2 is 1.69 bits per heavy atom. The molecule has 1 atom stereocenters. The van der Waals surface area contributed by atoms with Crippen molar-refractivity contribution in [3.05, 3.63) is 66.0 Å². The van der Waals surface area contributed by atoms with Crippen LogP contribution in [0, 0.1) is 5.82 Å². The van der Waals surface area contributed by atoms with Crippen LogP contribution in [0.15, 0.2) is 54.6 Å². The fourth-order valence-electron chi connectivity index (χ4n) is 3.22. The largest absolute Gasteiger partial charge is 0.352 e. The first-order valence-electron chi connectivity index (χ1n) is 10.4. The third-order valence-electron chi connectivity index (χ3n) is 4.86. The van der Waals surface area contributed by atoms with Crippen molar-refractivity contribution in [3.63, 3.8) is 0 Å². The molecule has 0 fully saturated rings. The van der Waals surface area contributed by atoms with Gasteiger partial charge in [0, 0.05) is 12.6 Å². The van der Waals surface area contributed by atoms with E-state index < -0.39 is 34.3 Å². The molecule has 0 saturated heterocycles. The van der Waals surface area contributed by atoms with Crippen LogP contribution in [-0.4, -0.2) is 56.6 Å². The lowest BCUT2D eigenvalue weighted by Gasteiger charge is -2.31. The fourth-order valence-corrected chi connectivity index (χ4v) is 4.06. The first kappa shape index (κ1) is 25.3. The Morgan fingerprint density at radius 3 is 2.25 bits per heavy atom. The number of hydrogen-bond acceptors (Lipinski definition) is 4. The van der Waals surface area contributed by atoms with Gasteiger partial charge in [-0.25, -0.2) is 12.8 Å². The number of nitrogens with one attached hydrogen (secondary N) is 1. The predicted octanol–water partition coefficient (Wildman–Crippen LogP) is 2.58. The molecule has 2 aromatic carbocycles. The van der Waals surface area contributed by atoms with Crippen LogP contribution in [0.2, 0.25) is 0 Å². The van der Waals surface area contributed by atoms with Gasteiger partial charge < -0.3 is 10.2 Å². The molecule has 0 aliphatic heterocycles. The summed E-state index contributed by atoms with van der Waals surface area (Å²) in [6, 6.07) is 13.6. The summed E-state index contributed by atoms with van der Waals surface area (Å²) in [7, 11) is -3.88. The minimum atomic E-state index is -3.88. The van der Waals surface area contributed by atoms with Gasteiger partial charge in [0.1, 0.15) is 18.4 Å². The lowest BCUT2D eigenvalue weighted by atomic mass is 10.1. The van der Waals surface area contributed by atoms with Crippen molar-refractivity contribution in [2.75, 3.05) is 23.7 Å². The summed E-state index contributed by atoms with van der Waals surface area (Å²) in [5.41, 5.74) is 1.02. The van der Waals surface area contributed by atoms with E-state index in [0.29, 0.717) is 6.42 Å². The highest BCUT2D eigenvalue weighted by Crippen LogP contribution is 2.19. The summed E-state index contributed by atoms with van der Waals surface area (Å²) in [5.74, 6) is -1.51.